The number of imide groups is 1. The van der Waals surface area contributed by atoms with Crippen molar-refractivity contribution in [1.82, 2.24) is 15.0 Å². The van der Waals surface area contributed by atoms with Crippen LogP contribution in [0.15, 0.2) is 53.1 Å². The van der Waals surface area contributed by atoms with Crippen molar-refractivity contribution >= 4 is 34.5 Å². The molecule has 4 aromatic rings. The number of rotatable bonds is 3. The summed E-state index contributed by atoms with van der Waals surface area (Å²) in [5.74, 6) is -1.16. The van der Waals surface area contributed by atoms with Gasteiger partial charge in [-0.3, -0.25) is 19.3 Å². The summed E-state index contributed by atoms with van der Waals surface area (Å²) >= 11 is 0. The number of hydrogen-bond donors (Lipinski definition) is 1. The maximum atomic E-state index is 13.3. The Morgan fingerprint density at radius 3 is 2.44 bits per heavy atom. The van der Waals surface area contributed by atoms with Crippen LogP contribution in [0.2, 0.25) is 0 Å². The van der Waals surface area contributed by atoms with Crippen molar-refractivity contribution in [2.24, 2.45) is 0 Å². The molecule has 5 rings (SSSR count). The molecule has 0 aliphatic carbocycles. The monoisotopic (exact) mass is 426 g/mol. The molecule has 2 aromatic heterocycles. The predicted molar refractivity (Wildman–Crippen MR) is 118 cm³/mol. The van der Waals surface area contributed by atoms with E-state index in [0.717, 1.165) is 16.0 Å². The van der Waals surface area contributed by atoms with Crippen LogP contribution in [0.1, 0.15) is 42.3 Å². The number of fused-ring (bicyclic) bond motifs is 2. The number of aryl methyl sites for hydroxylation is 2. The molecule has 0 saturated carbocycles. The van der Waals surface area contributed by atoms with Crippen molar-refractivity contribution in [1.29, 1.82) is 0 Å². The first-order chi connectivity index (χ1) is 15.3. The number of anilines is 1. The molecule has 0 bridgehead atoms. The Hall–Kier alpha value is -4.33. The van der Waals surface area contributed by atoms with Crippen LogP contribution in [0, 0.1) is 13.8 Å². The highest BCUT2D eigenvalue weighted by molar-refractivity contribution is 6.22. The van der Waals surface area contributed by atoms with Crippen LogP contribution in [0.25, 0.3) is 22.4 Å². The lowest BCUT2D eigenvalue weighted by Crippen LogP contribution is -2.24. The minimum absolute atomic E-state index is 0.261. The third-order valence-corrected chi connectivity index (χ3v) is 5.56. The van der Waals surface area contributed by atoms with E-state index in [0.29, 0.717) is 33.6 Å². The first-order valence-corrected chi connectivity index (χ1v) is 9.95. The van der Waals surface area contributed by atoms with E-state index in [1.54, 1.807) is 25.1 Å². The summed E-state index contributed by atoms with van der Waals surface area (Å²) in [5.41, 5.74) is 4.67. The highest BCUT2D eigenvalue weighted by Gasteiger charge is 2.33. The lowest BCUT2D eigenvalue weighted by atomic mass is 10.0. The zero-order chi connectivity index (χ0) is 22.6. The van der Waals surface area contributed by atoms with Gasteiger partial charge in [0.15, 0.2) is 0 Å². The standard InChI is InChI=1S/C24H18N4O4/c1-12-4-6-14(7-5-12)19-11-18(20-13(2)27-32-22(20)26-19)21(29)25-15-8-9-16-17(10-15)24(31)28(3)23(16)30/h4-11H,1-3H3,(H,25,29). The summed E-state index contributed by atoms with van der Waals surface area (Å²) < 4.78 is 5.34. The van der Waals surface area contributed by atoms with E-state index in [1.807, 2.05) is 31.2 Å². The Morgan fingerprint density at radius 2 is 1.69 bits per heavy atom. The van der Waals surface area contributed by atoms with E-state index in [4.69, 9.17) is 4.52 Å². The number of pyridine rings is 1. The number of nitrogens with one attached hydrogen (secondary N) is 1. The molecule has 158 valence electrons. The zero-order valence-corrected chi connectivity index (χ0v) is 17.6. The molecule has 0 unspecified atom stereocenters. The van der Waals surface area contributed by atoms with Crippen molar-refractivity contribution in [2.45, 2.75) is 13.8 Å². The minimum Gasteiger partial charge on any atom is -0.335 e. The molecule has 32 heavy (non-hydrogen) atoms. The van der Waals surface area contributed by atoms with Crippen LogP contribution < -0.4 is 5.32 Å². The number of aromatic nitrogens is 2. The first kappa shape index (κ1) is 19.6. The molecule has 1 aliphatic rings. The van der Waals surface area contributed by atoms with Gasteiger partial charge in [-0.05, 0) is 38.1 Å². The summed E-state index contributed by atoms with van der Waals surface area (Å²) in [5, 5.41) is 7.30. The van der Waals surface area contributed by atoms with Crippen LogP contribution in [0.4, 0.5) is 5.69 Å². The maximum absolute atomic E-state index is 13.3. The molecule has 8 nitrogen and oxygen atoms in total. The van der Waals surface area contributed by atoms with Gasteiger partial charge in [-0.25, -0.2) is 4.98 Å². The lowest BCUT2D eigenvalue weighted by molar-refractivity contribution is 0.0692. The molecular formula is C24H18N4O4. The van der Waals surface area contributed by atoms with Crippen molar-refractivity contribution in [2.75, 3.05) is 12.4 Å². The molecule has 3 heterocycles. The van der Waals surface area contributed by atoms with Crippen molar-refractivity contribution in [3.05, 3.63) is 76.5 Å². The van der Waals surface area contributed by atoms with Gasteiger partial charge < -0.3 is 9.84 Å². The van der Waals surface area contributed by atoms with Crippen molar-refractivity contribution < 1.29 is 18.9 Å². The summed E-state index contributed by atoms with van der Waals surface area (Å²) in [6, 6.07) is 14.1. The molecule has 1 N–H and O–H groups in total. The minimum atomic E-state index is -0.401. The molecule has 3 amide bonds. The zero-order valence-electron chi connectivity index (χ0n) is 17.6. The Bertz CT molecular complexity index is 1440. The average Bonchev–Trinajstić information content (AvgIpc) is 3.27. The third-order valence-electron chi connectivity index (χ3n) is 5.56. The van der Waals surface area contributed by atoms with Crippen LogP contribution in [0.5, 0.6) is 0 Å². The Morgan fingerprint density at radius 1 is 0.969 bits per heavy atom. The van der Waals surface area contributed by atoms with Crippen molar-refractivity contribution in [3.63, 3.8) is 0 Å². The molecule has 2 aromatic carbocycles. The van der Waals surface area contributed by atoms with E-state index in [-0.39, 0.29) is 17.2 Å². The van der Waals surface area contributed by atoms with Gasteiger partial charge in [-0.1, -0.05) is 35.0 Å². The van der Waals surface area contributed by atoms with Gasteiger partial charge in [0.25, 0.3) is 23.4 Å². The largest absolute Gasteiger partial charge is 0.335 e. The second kappa shape index (κ2) is 7.12. The third kappa shape index (κ3) is 3.04. The first-order valence-electron chi connectivity index (χ1n) is 9.95. The van der Waals surface area contributed by atoms with E-state index in [9.17, 15) is 14.4 Å². The fourth-order valence-corrected chi connectivity index (χ4v) is 3.78. The van der Waals surface area contributed by atoms with Crippen LogP contribution in [0.3, 0.4) is 0 Å². The van der Waals surface area contributed by atoms with E-state index >= 15 is 0 Å². The summed E-state index contributed by atoms with van der Waals surface area (Å²) in [4.78, 5) is 43.2. The Labute approximate surface area is 182 Å². The molecule has 8 heteroatoms. The summed E-state index contributed by atoms with van der Waals surface area (Å²) in [7, 11) is 1.43. The number of carbonyl (C=O) groups is 3. The molecule has 0 fully saturated rings. The van der Waals surface area contributed by atoms with Gasteiger partial charge in [0, 0.05) is 18.3 Å². The molecule has 1 aliphatic heterocycles. The van der Waals surface area contributed by atoms with Crippen LogP contribution in [-0.4, -0.2) is 39.8 Å². The molecule has 0 atom stereocenters. The number of amides is 3. The summed E-state index contributed by atoms with van der Waals surface area (Å²) in [6.45, 7) is 3.73. The smallest absolute Gasteiger partial charge is 0.261 e. The van der Waals surface area contributed by atoms with E-state index < -0.39 is 11.8 Å². The summed E-state index contributed by atoms with van der Waals surface area (Å²) in [6.07, 6.45) is 0. The fourth-order valence-electron chi connectivity index (χ4n) is 3.78. The van der Waals surface area contributed by atoms with Crippen LogP contribution >= 0.6 is 0 Å². The van der Waals surface area contributed by atoms with Gasteiger partial charge in [0.05, 0.1) is 33.5 Å². The second-order valence-corrected chi connectivity index (χ2v) is 7.75. The second-order valence-electron chi connectivity index (χ2n) is 7.75. The Kier molecular flexibility index (Phi) is 4.37. The highest BCUT2D eigenvalue weighted by atomic mass is 16.5. The number of nitrogens with zero attached hydrogens (tertiary/aromatic N) is 3. The average molecular weight is 426 g/mol. The quantitative estimate of drug-likeness (QED) is 0.497. The van der Waals surface area contributed by atoms with E-state index in [2.05, 4.69) is 15.5 Å². The molecular weight excluding hydrogens is 408 g/mol. The lowest BCUT2D eigenvalue weighted by Gasteiger charge is -2.09. The Balaban J connectivity index is 1.55. The molecule has 0 radical (unpaired) electrons. The van der Waals surface area contributed by atoms with Gasteiger partial charge in [-0.15, -0.1) is 0 Å². The number of hydrogen-bond acceptors (Lipinski definition) is 6. The van der Waals surface area contributed by atoms with E-state index in [1.165, 1.54) is 13.1 Å². The van der Waals surface area contributed by atoms with Gasteiger partial charge in [0.2, 0.25) is 0 Å². The van der Waals surface area contributed by atoms with Gasteiger partial charge >= 0.3 is 0 Å². The van der Waals surface area contributed by atoms with Gasteiger partial charge in [0.1, 0.15) is 0 Å². The maximum Gasteiger partial charge on any atom is 0.261 e. The topological polar surface area (TPSA) is 105 Å². The predicted octanol–water partition coefficient (Wildman–Crippen LogP) is 3.98. The van der Waals surface area contributed by atoms with Crippen molar-refractivity contribution in [3.8, 4) is 11.3 Å². The highest BCUT2D eigenvalue weighted by Crippen LogP contribution is 2.29. The fraction of sp³-hybridized carbons (Fsp3) is 0.125. The van der Waals surface area contributed by atoms with Gasteiger partial charge in [-0.2, -0.15) is 0 Å². The number of benzene rings is 2. The van der Waals surface area contributed by atoms with Crippen LogP contribution in [-0.2, 0) is 0 Å². The number of carbonyl (C=O) groups excluding carboxylic acids is 3. The normalized spacial score (nSPS) is 13.0. The molecule has 0 spiro atoms. The SMILES string of the molecule is Cc1ccc(-c2cc(C(=O)Nc3ccc4c(c3)C(=O)N(C)C4=O)c3c(C)noc3n2)cc1. The molecule has 0 saturated heterocycles.